The van der Waals surface area contributed by atoms with Gasteiger partial charge in [0, 0.05) is 26.2 Å². The molecule has 2 aromatic rings. The largest absolute Gasteiger partial charge is 0.339 e. The summed E-state index contributed by atoms with van der Waals surface area (Å²) < 4.78 is 27.4. The van der Waals surface area contributed by atoms with Crippen LogP contribution in [0.1, 0.15) is 23.5 Å². The average molecular weight is 476 g/mol. The monoisotopic (exact) mass is 475 g/mol. The molecule has 1 aliphatic rings. The minimum absolute atomic E-state index is 0.0959. The Morgan fingerprint density at radius 1 is 1.14 bits per heavy atom. The second kappa shape index (κ2) is 9.13. The van der Waals surface area contributed by atoms with Gasteiger partial charge in [-0.3, -0.25) is 9.59 Å². The molecule has 1 saturated heterocycles. The fraction of sp³-hybridized carbons (Fsp3) is 0.444. The molecule has 11 heteroatoms. The number of piperazine rings is 1. The average Bonchev–Trinajstić information content (AvgIpc) is 3.37. The first kappa shape index (κ1) is 22.2. The fourth-order valence-corrected chi connectivity index (χ4v) is 6.73. The van der Waals surface area contributed by atoms with Crippen molar-refractivity contribution in [1.29, 1.82) is 0 Å². The normalized spacial score (nSPS) is 16.8. The summed E-state index contributed by atoms with van der Waals surface area (Å²) in [5.41, 5.74) is 0. The van der Waals surface area contributed by atoms with Crippen LogP contribution in [0.2, 0.25) is 4.34 Å². The zero-order chi connectivity index (χ0) is 21.2. The second-order valence-electron chi connectivity index (χ2n) is 6.96. The summed E-state index contributed by atoms with van der Waals surface area (Å²) in [7, 11) is -3.61. The number of hydrogen-bond acceptors (Lipinski definition) is 6. The zero-order valence-electron chi connectivity index (χ0n) is 16.0. The third-order valence-corrected chi connectivity index (χ3v) is 9.12. The van der Waals surface area contributed by atoms with Crippen LogP contribution >= 0.6 is 34.3 Å². The maximum absolute atomic E-state index is 13.0. The first-order chi connectivity index (χ1) is 13.7. The van der Waals surface area contributed by atoms with Crippen molar-refractivity contribution in [2.24, 2.45) is 5.92 Å². The number of nitrogens with zero attached hydrogens (tertiary/aromatic N) is 2. The summed E-state index contributed by atoms with van der Waals surface area (Å²) >= 11 is 8.20. The van der Waals surface area contributed by atoms with Crippen LogP contribution in [0.25, 0.3) is 0 Å². The highest BCUT2D eigenvalue weighted by atomic mass is 35.5. The minimum atomic E-state index is -3.61. The number of hydrogen-bond donors (Lipinski definition) is 1. The second-order valence-corrected chi connectivity index (χ2v) is 11.8. The lowest BCUT2D eigenvalue weighted by Gasteiger charge is -2.36. The van der Waals surface area contributed by atoms with E-state index in [1.54, 1.807) is 23.1 Å². The standard InChI is InChI=1S/C18H22ClN3O4S3/c1-12(2)16(20-17(23)13-4-3-11-27-13)18(24)21-7-9-22(10-8-21)29(25,26)15-6-5-14(19)28-15/h3-6,11-12,16H,7-10H2,1-2H3,(H,20,23)/t16-/m1/s1. The number of nitrogens with one attached hydrogen (secondary N) is 1. The molecule has 158 valence electrons. The molecule has 29 heavy (non-hydrogen) atoms. The van der Waals surface area contributed by atoms with Gasteiger partial charge in [-0.05, 0) is 29.5 Å². The molecule has 1 aliphatic heterocycles. The number of carbonyl (C=O) groups excluding carboxylic acids is 2. The number of carbonyl (C=O) groups is 2. The van der Waals surface area contributed by atoms with Crippen molar-refractivity contribution in [3.63, 3.8) is 0 Å². The Morgan fingerprint density at radius 2 is 1.83 bits per heavy atom. The van der Waals surface area contributed by atoms with Gasteiger partial charge in [-0.15, -0.1) is 22.7 Å². The van der Waals surface area contributed by atoms with Crippen LogP contribution < -0.4 is 5.32 Å². The molecule has 1 N–H and O–H groups in total. The predicted octanol–water partition coefficient (Wildman–Crippen LogP) is 2.75. The van der Waals surface area contributed by atoms with E-state index in [-0.39, 0.29) is 48.1 Å². The molecule has 2 aromatic heterocycles. The van der Waals surface area contributed by atoms with E-state index in [2.05, 4.69) is 5.32 Å². The van der Waals surface area contributed by atoms with E-state index in [1.165, 1.54) is 21.7 Å². The van der Waals surface area contributed by atoms with Crippen LogP contribution in [0.15, 0.2) is 33.9 Å². The SMILES string of the molecule is CC(C)[C@@H](NC(=O)c1cccs1)C(=O)N1CCN(S(=O)(=O)c2ccc(Cl)s2)CC1. The number of thiophene rings is 2. The fourth-order valence-electron chi connectivity index (χ4n) is 3.04. The van der Waals surface area contributed by atoms with Crippen molar-refractivity contribution < 1.29 is 18.0 Å². The van der Waals surface area contributed by atoms with Crippen molar-refractivity contribution in [3.05, 3.63) is 38.9 Å². The molecule has 3 rings (SSSR count). The van der Waals surface area contributed by atoms with Crippen molar-refractivity contribution in [3.8, 4) is 0 Å². The Bertz CT molecular complexity index is 964. The molecular formula is C18H22ClN3O4S3. The quantitative estimate of drug-likeness (QED) is 0.695. The van der Waals surface area contributed by atoms with Gasteiger partial charge in [0.15, 0.2) is 0 Å². The lowest BCUT2D eigenvalue weighted by Crippen LogP contribution is -2.57. The van der Waals surface area contributed by atoms with E-state index in [4.69, 9.17) is 11.6 Å². The van der Waals surface area contributed by atoms with Gasteiger partial charge in [0.2, 0.25) is 5.91 Å². The molecule has 0 saturated carbocycles. The molecule has 1 atom stereocenters. The van der Waals surface area contributed by atoms with E-state index in [0.29, 0.717) is 9.21 Å². The highest BCUT2D eigenvalue weighted by molar-refractivity contribution is 7.91. The van der Waals surface area contributed by atoms with E-state index >= 15 is 0 Å². The van der Waals surface area contributed by atoms with Gasteiger partial charge in [-0.2, -0.15) is 4.31 Å². The van der Waals surface area contributed by atoms with E-state index in [9.17, 15) is 18.0 Å². The Balaban J connectivity index is 1.64. The molecule has 0 spiro atoms. The number of halogens is 1. The Labute approximate surface area is 183 Å². The molecule has 0 aromatic carbocycles. The van der Waals surface area contributed by atoms with Crippen LogP contribution in [0.4, 0.5) is 0 Å². The van der Waals surface area contributed by atoms with Crippen LogP contribution in [0, 0.1) is 5.92 Å². The maximum Gasteiger partial charge on any atom is 0.262 e. The summed E-state index contributed by atoms with van der Waals surface area (Å²) in [6.45, 7) is 4.70. The number of amides is 2. The topological polar surface area (TPSA) is 86.8 Å². The Kier molecular flexibility index (Phi) is 7.00. The Hall–Kier alpha value is -1.46. The summed E-state index contributed by atoms with van der Waals surface area (Å²) in [6, 6.07) is 5.88. The lowest BCUT2D eigenvalue weighted by atomic mass is 10.0. The van der Waals surface area contributed by atoms with Crippen LogP contribution in [0.5, 0.6) is 0 Å². The summed E-state index contributed by atoms with van der Waals surface area (Å²) in [5, 5.41) is 4.63. The minimum Gasteiger partial charge on any atom is -0.339 e. The molecule has 0 radical (unpaired) electrons. The van der Waals surface area contributed by atoms with Crippen molar-refractivity contribution >= 4 is 56.1 Å². The first-order valence-corrected chi connectivity index (χ1v) is 12.6. The van der Waals surface area contributed by atoms with E-state index < -0.39 is 16.1 Å². The van der Waals surface area contributed by atoms with Crippen molar-refractivity contribution in [1.82, 2.24) is 14.5 Å². The van der Waals surface area contributed by atoms with Crippen molar-refractivity contribution in [2.75, 3.05) is 26.2 Å². The molecule has 0 aliphatic carbocycles. The smallest absolute Gasteiger partial charge is 0.262 e. The van der Waals surface area contributed by atoms with E-state index in [0.717, 1.165) is 11.3 Å². The molecule has 7 nitrogen and oxygen atoms in total. The molecule has 0 bridgehead atoms. The Morgan fingerprint density at radius 3 is 2.34 bits per heavy atom. The molecule has 2 amide bonds. The molecule has 0 unspecified atom stereocenters. The third-order valence-electron chi connectivity index (χ3n) is 4.66. The van der Waals surface area contributed by atoms with Crippen LogP contribution in [0.3, 0.4) is 0 Å². The van der Waals surface area contributed by atoms with Gasteiger partial charge < -0.3 is 10.2 Å². The van der Waals surface area contributed by atoms with Gasteiger partial charge in [0.05, 0.1) is 9.21 Å². The third kappa shape index (κ3) is 5.00. The predicted molar refractivity (Wildman–Crippen MR) is 115 cm³/mol. The summed E-state index contributed by atoms with van der Waals surface area (Å²) in [6.07, 6.45) is 0. The highest BCUT2D eigenvalue weighted by Gasteiger charge is 2.34. The lowest BCUT2D eigenvalue weighted by molar-refractivity contribution is -0.135. The number of rotatable bonds is 6. The van der Waals surface area contributed by atoms with Crippen molar-refractivity contribution in [2.45, 2.75) is 24.1 Å². The highest BCUT2D eigenvalue weighted by Crippen LogP contribution is 2.28. The molecular weight excluding hydrogens is 454 g/mol. The van der Waals surface area contributed by atoms with Gasteiger partial charge in [-0.1, -0.05) is 31.5 Å². The maximum atomic E-state index is 13.0. The zero-order valence-corrected chi connectivity index (χ0v) is 19.2. The van der Waals surface area contributed by atoms with Gasteiger partial charge in [0.25, 0.3) is 15.9 Å². The first-order valence-electron chi connectivity index (χ1n) is 9.09. The summed E-state index contributed by atoms with van der Waals surface area (Å²) in [4.78, 5) is 27.6. The number of sulfonamides is 1. The van der Waals surface area contributed by atoms with Crippen LogP contribution in [-0.2, 0) is 14.8 Å². The summed E-state index contributed by atoms with van der Waals surface area (Å²) in [5.74, 6) is -0.564. The molecule has 1 fully saturated rings. The van der Waals surface area contributed by atoms with Gasteiger partial charge in [-0.25, -0.2) is 8.42 Å². The van der Waals surface area contributed by atoms with Gasteiger partial charge in [0.1, 0.15) is 10.3 Å². The van der Waals surface area contributed by atoms with Crippen LogP contribution in [-0.4, -0.2) is 61.7 Å². The molecule has 3 heterocycles. The van der Waals surface area contributed by atoms with E-state index in [1.807, 2.05) is 19.2 Å². The van der Waals surface area contributed by atoms with Gasteiger partial charge >= 0.3 is 0 Å².